The molecule has 0 unspecified atom stereocenters. The third-order valence-electron chi connectivity index (χ3n) is 2.50. The summed E-state index contributed by atoms with van der Waals surface area (Å²) in [6.07, 6.45) is 5.19. The summed E-state index contributed by atoms with van der Waals surface area (Å²) >= 11 is 0. The van der Waals surface area contributed by atoms with Crippen LogP contribution in [0.4, 0.5) is 0 Å². The van der Waals surface area contributed by atoms with Crippen LogP contribution in [0.2, 0.25) is 0 Å². The zero-order valence-corrected chi connectivity index (χ0v) is 11.4. The van der Waals surface area contributed by atoms with Gasteiger partial charge in [0.15, 0.2) is 0 Å². The molecule has 0 atom stereocenters. The number of hydrogen-bond donors (Lipinski definition) is 3. The molecule has 0 aliphatic rings. The maximum atomic E-state index is 3.97. The van der Waals surface area contributed by atoms with E-state index in [-0.39, 0.29) is 36.3 Å². The van der Waals surface area contributed by atoms with Crippen molar-refractivity contribution in [1.29, 1.82) is 0 Å². The first-order chi connectivity index (χ1) is 7.95. The molecular formula is C9H9BN6Na. The Morgan fingerprint density at radius 2 is 1.06 bits per heavy atom. The van der Waals surface area contributed by atoms with Crippen molar-refractivity contribution in [1.82, 2.24) is 30.6 Å². The molecule has 79 valence electrons. The number of aromatic nitrogens is 6. The van der Waals surface area contributed by atoms with Crippen LogP contribution in [0.15, 0.2) is 36.8 Å². The van der Waals surface area contributed by atoms with Crippen LogP contribution >= 0.6 is 0 Å². The van der Waals surface area contributed by atoms with E-state index >= 15 is 0 Å². The molecule has 3 rings (SSSR count). The van der Waals surface area contributed by atoms with E-state index in [1.54, 1.807) is 18.6 Å². The Balaban J connectivity index is 0.00000108. The van der Waals surface area contributed by atoms with Gasteiger partial charge >= 0.3 is 29.6 Å². The second kappa shape index (κ2) is 5.35. The Hall–Kier alpha value is -1.31. The summed E-state index contributed by atoms with van der Waals surface area (Å²) in [6, 6.07) is 5.81. The Morgan fingerprint density at radius 3 is 1.29 bits per heavy atom. The van der Waals surface area contributed by atoms with Gasteiger partial charge < -0.3 is 15.3 Å². The third kappa shape index (κ3) is 2.36. The molecule has 3 heterocycles. The molecule has 0 saturated carbocycles. The van der Waals surface area contributed by atoms with Crippen molar-refractivity contribution >= 4 is 23.5 Å². The van der Waals surface area contributed by atoms with E-state index in [9.17, 15) is 0 Å². The van der Waals surface area contributed by atoms with Crippen molar-refractivity contribution in [3.63, 3.8) is 0 Å². The molecule has 0 aliphatic heterocycles. The van der Waals surface area contributed by atoms with Crippen molar-refractivity contribution < 1.29 is 29.6 Å². The van der Waals surface area contributed by atoms with Gasteiger partial charge in [-0.1, -0.05) is 18.2 Å². The standard InChI is InChI=1S/C9H9BN6.Na/c1-4-11-14-7(1)10(8-2-5-12-15-8)9-3-6-13-16-9;/h1-6H,(H,11,14)(H,12,15)(H,13,16);/q-1;+1. The monoisotopic (exact) mass is 235 g/mol. The topological polar surface area (TPSA) is 86.0 Å². The minimum Gasteiger partial charge on any atom is -0.324 e. The van der Waals surface area contributed by atoms with Crippen LogP contribution in [0.25, 0.3) is 0 Å². The van der Waals surface area contributed by atoms with Gasteiger partial charge in [-0.15, -0.1) is 16.8 Å². The molecule has 0 amide bonds. The average molecular weight is 235 g/mol. The fourth-order valence-corrected chi connectivity index (χ4v) is 1.78. The zero-order valence-electron chi connectivity index (χ0n) is 9.38. The van der Waals surface area contributed by atoms with Gasteiger partial charge in [-0.25, -0.2) is 0 Å². The number of H-pyrrole nitrogens is 3. The summed E-state index contributed by atoms with van der Waals surface area (Å²) in [6.45, 7) is 0.0347. The van der Waals surface area contributed by atoms with Crippen molar-refractivity contribution in [3.05, 3.63) is 36.8 Å². The van der Waals surface area contributed by atoms with Gasteiger partial charge in [0.1, 0.15) is 0 Å². The summed E-state index contributed by atoms with van der Waals surface area (Å²) in [5.74, 6) is 0. The number of aromatic amines is 3. The van der Waals surface area contributed by atoms with Crippen LogP contribution in [0.3, 0.4) is 0 Å². The van der Waals surface area contributed by atoms with Crippen molar-refractivity contribution in [2.45, 2.75) is 0 Å². The first-order valence-electron chi connectivity index (χ1n) is 4.93. The Labute approximate surface area is 120 Å². The molecule has 0 aromatic carbocycles. The average Bonchev–Trinajstić information content (AvgIpc) is 3.02. The van der Waals surface area contributed by atoms with Gasteiger partial charge in [-0.05, 0) is 0 Å². The van der Waals surface area contributed by atoms with Crippen LogP contribution in [0.1, 0.15) is 0 Å². The predicted octanol–water partition coefficient (Wildman–Crippen LogP) is -4.62. The molecule has 8 heteroatoms. The van der Waals surface area contributed by atoms with E-state index in [1.165, 1.54) is 0 Å². The molecule has 17 heavy (non-hydrogen) atoms. The van der Waals surface area contributed by atoms with Crippen LogP contribution in [0.5, 0.6) is 0 Å². The minimum atomic E-state index is 0. The van der Waals surface area contributed by atoms with Gasteiger partial charge in [-0.2, -0.15) is 15.3 Å². The molecule has 3 N–H and O–H groups in total. The normalized spacial score (nSPS) is 10.4. The van der Waals surface area contributed by atoms with Gasteiger partial charge in [0.05, 0.1) is 0 Å². The summed E-state index contributed by atoms with van der Waals surface area (Å²) < 4.78 is 0. The second-order valence-corrected chi connectivity index (χ2v) is 3.47. The molecule has 6 nitrogen and oxygen atoms in total. The Kier molecular flexibility index (Phi) is 3.83. The molecule has 0 fully saturated rings. The van der Waals surface area contributed by atoms with E-state index in [0.717, 1.165) is 16.8 Å². The van der Waals surface area contributed by atoms with Crippen molar-refractivity contribution in [2.75, 3.05) is 0 Å². The number of hydrogen-bond acceptors (Lipinski definition) is 3. The fraction of sp³-hybridized carbons (Fsp3) is 0. The van der Waals surface area contributed by atoms with E-state index in [2.05, 4.69) is 30.6 Å². The molecular weight excluding hydrogens is 226 g/mol. The van der Waals surface area contributed by atoms with Crippen molar-refractivity contribution in [2.24, 2.45) is 0 Å². The SMILES string of the molecule is [Na+].c1cc([B-](c2ccn[nH]2)c2ccn[nH]2)[nH]n1. The summed E-state index contributed by atoms with van der Waals surface area (Å²) in [4.78, 5) is 0. The fourth-order valence-electron chi connectivity index (χ4n) is 1.78. The second-order valence-electron chi connectivity index (χ2n) is 3.47. The van der Waals surface area contributed by atoms with Crippen LogP contribution in [0, 0.1) is 0 Å². The minimum absolute atomic E-state index is 0. The summed E-state index contributed by atoms with van der Waals surface area (Å²) in [5, 5.41) is 20.8. The van der Waals surface area contributed by atoms with E-state index in [1.807, 2.05) is 18.2 Å². The first-order valence-corrected chi connectivity index (χ1v) is 4.93. The summed E-state index contributed by atoms with van der Waals surface area (Å²) in [5.41, 5.74) is 2.98. The Bertz CT molecular complexity index is 451. The number of nitrogens with one attached hydrogen (secondary N) is 3. The van der Waals surface area contributed by atoms with Gasteiger partial charge in [0.25, 0.3) is 0 Å². The molecule has 3 aromatic rings. The molecule has 3 aromatic heterocycles. The number of nitrogens with zero attached hydrogens (tertiary/aromatic N) is 3. The quantitative estimate of drug-likeness (QED) is 0.399. The van der Waals surface area contributed by atoms with E-state index in [0.29, 0.717) is 0 Å². The van der Waals surface area contributed by atoms with Crippen molar-refractivity contribution in [3.8, 4) is 0 Å². The van der Waals surface area contributed by atoms with Crippen LogP contribution < -0.4 is 46.3 Å². The van der Waals surface area contributed by atoms with E-state index < -0.39 is 0 Å². The Morgan fingerprint density at radius 1 is 0.706 bits per heavy atom. The largest absolute Gasteiger partial charge is 1.00 e. The molecule has 0 saturated heterocycles. The molecule has 0 spiro atoms. The molecule has 0 bridgehead atoms. The van der Waals surface area contributed by atoms with E-state index in [4.69, 9.17) is 0 Å². The predicted molar refractivity (Wildman–Crippen MR) is 60.4 cm³/mol. The van der Waals surface area contributed by atoms with Gasteiger partial charge in [0.2, 0.25) is 0 Å². The summed E-state index contributed by atoms with van der Waals surface area (Å²) in [7, 11) is 0. The maximum absolute atomic E-state index is 3.97. The smallest absolute Gasteiger partial charge is 0.324 e. The number of rotatable bonds is 3. The van der Waals surface area contributed by atoms with Crippen LogP contribution in [-0.4, -0.2) is 37.3 Å². The molecule has 1 radical (unpaired) electrons. The van der Waals surface area contributed by atoms with Crippen LogP contribution in [-0.2, 0) is 0 Å². The van der Waals surface area contributed by atoms with Gasteiger partial charge in [0, 0.05) is 25.3 Å². The third-order valence-corrected chi connectivity index (χ3v) is 2.50. The first kappa shape index (κ1) is 12.2. The van der Waals surface area contributed by atoms with Gasteiger partial charge in [-0.3, -0.25) is 0 Å². The zero-order chi connectivity index (χ0) is 10.8. The molecule has 0 aliphatic carbocycles. The maximum Gasteiger partial charge on any atom is 1.00 e.